The Morgan fingerprint density at radius 1 is 1.00 bits per heavy atom. The molecule has 0 amide bonds. The van der Waals surface area contributed by atoms with Gasteiger partial charge in [0.05, 0.1) is 6.20 Å². The fourth-order valence-corrected chi connectivity index (χ4v) is 2.70. The SMILES string of the molecule is Fc1ccc(Nc2cnnc(NCCc3ccc(Cl)cc3Cl)n2)cc1F. The third-order valence-electron chi connectivity index (χ3n) is 3.44. The van der Waals surface area contributed by atoms with Gasteiger partial charge in [0, 0.05) is 28.3 Å². The number of anilines is 3. The number of benzene rings is 2. The molecule has 2 aromatic carbocycles. The van der Waals surface area contributed by atoms with E-state index in [2.05, 4.69) is 25.8 Å². The molecule has 5 nitrogen and oxygen atoms in total. The fraction of sp³-hybridized carbons (Fsp3) is 0.118. The minimum atomic E-state index is -0.949. The van der Waals surface area contributed by atoms with Crippen molar-refractivity contribution in [3.8, 4) is 0 Å². The Hall–Kier alpha value is -2.51. The molecule has 26 heavy (non-hydrogen) atoms. The lowest BCUT2D eigenvalue weighted by atomic mass is 10.1. The molecule has 0 spiro atoms. The molecule has 0 saturated carbocycles. The van der Waals surface area contributed by atoms with E-state index in [-0.39, 0.29) is 0 Å². The van der Waals surface area contributed by atoms with Crippen LogP contribution in [-0.4, -0.2) is 21.7 Å². The van der Waals surface area contributed by atoms with Crippen LogP contribution >= 0.6 is 23.2 Å². The van der Waals surface area contributed by atoms with Gasteiger partial charge in [-0.15, -0.1) is 5.10 Å². The molecule has 0 saturated heterocycles. The molecule has 0 bridgehead atoms. The second-order valence-electron chi connectivity index (χ2n) is 5.33. The molecule has 2 N–H and O–H groups in total. The van der Waals surface area contributed by atoms with Gasteiger partial charge in [0.2, 0.25) is 5.95 Å². The molecule has 9 heteroatoms. The number of nitrogens with one attached hydrogen (secondary N) is 2. The highest BCUT2D eigenvalue weighted by Crippen LogP contribution is 2.21. The minimum absolute atomic E-state index is 0.294. The van der Waals surface area contributed by atoms with Crippen molar-refractivity contribution in [1.82, 2.24) is 15.2 Å². The predicted octanol–water partition coefficient (Wildman–Crippen LogP) is 4.85. The lowest BCUT2D eigenvalue weighted by Crippen LogP contribution is -2.10. The summed E-state index contributed by atoms with van der Waals surface area (Å²) in [5.74, 6) is -1.23. The van der Waals surface area contributed by atoms with Crippen molar-refractivity contribution in [1.29, 1.82) is 0 Å². The largest absolute Gasteiger partial charge is 0.353 e. The standard InChI is InChI=1S/C17H13Cl2F2N5/c18-11-2-1-10(13(19)7-11)5-6-22-17-25-16(9-23-26-17)24-12-3-4-14(20)15(21)8-12/h1-4,7-9H,5-6H2,(H2,22,24,25,26). The van der Waals surface area contributed by atoms with Crippen molar-refractivity contribution in [2.45, 2.75) is 6.42 Å². The molecule has 0 atom stereocenters. The van der Waals surface area contributed by atoms with Gasteiger partial charge in [0.1, 0.15) is 0 Å². The maximum absolute atomic E-state index is 13.3. The van der Waals surface area contributed by atoms with Crippen molar-refractivity contribution in [3.05, 3.63) is 69.8 Å². The summed E-state index contributed by atoms with van der Waals surface area (Å²) in [5, 5.41) is 14.7. The van der Waals surface area contributed by atoms with Crippen LogP contribution in [0.2, 0.25) is 10.0 Å². The first-order chi connectivity index (χ1) is 12.5. The first-order valence-electron chi connectivity index (χ1n) is 7.61. The van der Waals surface area contributed by atoms with Gasteiger partial charge in [-0.25, -0.2) is 8.78 Å². The quantitative estimate of drug-likeness (QED) is 0.624. The van der Waals surface area contributed by atoms with Crippen LogP contribution in [-0.2, 0) is 6.42 Å². The van der Waals surface area contributed by atoms with Crippen molar-refractivity contribution in [3.63, 3.8) is 0 Å². The van der Waals surface area contributed by atoms with Gasteiger partial charge in [-0.1, -0.05) is 29.3 Å². The maximum Gasteiger partial charge on any atom is 0.244 e. The molecule has 0 fully saturated rings. The average Bonchev–Trinajstić information content (AvgIpc) is 2.60. The van der Waals surface area contributed by atoms with Crippen LogP contribution in [0.4, 0.5) is 26.2 Å². The summed E-state index contributed by atoms with van der Waals surface area (Å²) < 4.78 is 26.2. The lowest BCUT2D eigenvalue weighted by Gasteiger charge is -2.09. The molecule has 0 aliphatic heterocycles. The van der Waals surface area contributed by atoms with Gasteiger partial charge in [-0.3, -0.25) is 0 Å². The van der Waals surface area contributed by atoms with Crippen molar-refractivity contribution in [2.75, 3.05) is 17.2 Å². The van der Waals surface area contributed by atoms with Gasteiger partial charge in [0.15, 0.2) is 17.5 Å². The van der Waals surface area contributed by atoms with Gasteiger partial charge in [-0.05, 0) is 36.2 Å². The molecule has 0 unspecified atom stereocenters. The van der Waals surface area contributed by atoms with E-state index in [4.69, 9.17) is 23.2 Å². The van der Waals surface area contributed by atoms with Crippen LogP contribution in [0, 0.1) is 11.6 Å². The summed E-state index contributed by atoms with van der Waals surface area (Å²) in [5.41, 5.74) is 1.29. The summed E-state index contributed by atoms with van der Waals surface area (Å²) in [4.78, 5) is 4.22. The topological polar surface area (TPSA) is 62.7 Å². The van der Waals surface area contributed by atoms with E-state index in [1.807, 2.05) is 6.07 Å². The third-order valence-corrected chi connectivity index (χ3v) is 4.03. The molecule has 1 aromatic heterocycles. The Morgan fingerprint density at radius 2 is 1.85 bits per heavy atom. The van der Waals surface area contributed by atoms with E-state index in [1.165, 1.54) is 12.3 Å². The minimum Gasteiger partial charge on any atom is -0.353 e. The van der Waals surface area contributed by atoms with Gasteiger partial charge in [-0.2, -0.15) is 10.1 Å². The number of hydrogen-bond donors (Lipinski definition) is 2. The van der Waals surface area contributed by atoms with E-state index >= 15 is 0 Å². The van der Waals surface area contributed by atoms with Crippen LogP contribution in [0.25, 0.3) is 0 Å². The molecule has 0 aliphatic rings. The third kappa shape index (κ3) is 4.77. The summed E-state index contributed by atoms with van der Waals surface area (Å²) >= 11 is 12.0. The first-order valence-corrected chi connectivity index (χ1v) is 8.36. The fourth-order valence-electron chi connectivity index (χ4n) is 2.19. The summed E-state index contributed by atoms with van der Waals surface area (Å²) in [7, 11) is 0. The second kappa shape index (κ2) is 8.25. The van der Waals surface area contributed by atoms with E-state index in [9.17, 15) is 8.78 Å². The molecule has 134 valence electrons. The van der Waals surface area contributed by atoms with E-state index < -0.39 is 11.6 Å². The average molecular weight is 396 g/mol. The molecule has 1 heterocycles. The normalized spacial score (nSPS) is 10.6. The maximum atomic E-state index is 13.3. The Bertz CT molecular complexity index is 923. The van der Waals surface area contributed by atoms with Crippen molar-refractivity contribution < 1.29 is 8.78 Å². The highest BCUT2D eigenvalue weighted by molar-refractivity contribution is 6.35. The summed E-state index contributed by atoms with van der Waals surface area (Å²) in [6, 6.07) is 8.77. The zero-order valence-corrected chi connectivity index (χ0v) is 14.8. The monoisotopic (exact) mass is 395 g/mol. The summed E-state index contributed by atoms with van der Waals surface area (Å²) in [6.07, 6.45) is 2.02. The first kappa shape index (κ1) is 18.3. The van der Waals surface area contributed by atoms with E-state index in [0.717, 1.165) is 17.7 Å². The number of aromatic nitrogens is 3. The smallest absolute Gasteiger partial charge is 0.244 e. The number of hydrogen-bond acceptors (Lipinski definition) is 5. The van der Waals surface area contributed by atoms with E-state index in [0.29, 0.717) is 40.5 Å². The van der Waals surface area contributed by atoms with Crippen molar-refractivity contribution >= 4 is 40.7 Å². The molecule has 0 radical (unpaired) electrons. The van der Waals surface area contributed by atoms with Crippen LogP contribution in [0.5, 0.6) is 0 Å². The second-order valence-corrected chi connectivity index (χ2v) is 6.18. The summed E-state index contributed by atoms with van der Waals surface area (Å²) in [6.45, 7) is 0.525. The van der Waals surface area contributed by atoms with Gasteiger partial charge in [0.25, 0.3) is 0 Å². The number of rotatable bonds is 6. The Labute approximate surface area is 158 Å². The Kier molecular flexibility index (Phi) is 5.80. The molecule has 0 aliphatic carbocycles. The molecule has 3 rings (SSSR count). The number of halogens is 4. The van der Waals surface area contributed by atoms with E-state index in [1.54, 1.807) is 12.1 Å². The molecular weight excluding hydrogens is 383 g/mol. The molecule has 3 aromatic rings. The Balaban J connectivity index is 1.61. The van der Waals surface area contributed by atoms with Crippen LogP contribution in [0.3, 0.4) is 0 Å². The zero-order valence-electron chi connectivity index (χ0n) is 13.3. The number of nitrogens with zero attached hydrogens (tertiary/aromatic N) is 3. The van der Waals surface area contributed by atoms with Crippen LogP contribution in [0.15, 0.2) is 42.6 Å². The van der Waals surface area contributed by atoms with Crippen LogP contribution in [0.1, 0.15) is 5.56 Å². The Morgan fingerprint density at radius 3 is 2.62 bits per heavy atom. The highest BCUT2D eigenvalue weighted by atomic mass is 35.5. The highest BCUT2D eigenvalue weighted by Gasteiger charge is 2.06. The predicted molar refractivity (Wildman–Crippen MR) is 98.1 cm³/mol. The van der Waals surface area contributed by atoms with Crippen LogP contribution < -0.4 is 10.6 Å². The van der Waals surface area contributed by atoms with Gasteiger partial charge >= 0.3 is 0 Å². The lowest BCUT2D eigenvalue weighted by molar-refractivity contribution is 0.509. The van der Waals surface area contributed by atoms with Gasteiger partial charge < -0.3 is 10.6 Å². The zero-order chi connectivity index (χ0) is 18.5. The van der Waals surface area contributed by atoms with Crippen molar-refractivity contribution in [2.24, 2.45) is 0 Å². The molecular formula is C17H13Cl2F2N5.